The predicted molar refractivity (Wildman–Crippen MR) is 104 cm³/mol. The molecule has 2 heterocycles. The molecule has 1 saturated heterocycles. The van der Waals surface area contributed by atoms with E-state index in [9.17, 15) is 14.0 Å². The molecule has 144 valence electrons. The molecule has 3 aromatic rings. The van der Waals surface area contributed by atoms with Crippen LogP contribution in [0.15, 0.2) is 48.7 Å². The first-order valence-electron chi connectivity index (χ1n) is 9.06. The molecule has 1 N–H and O–H groups in total. The zero-order chi connectivity index (χ0) is 19.7. The van der Waals surface area contributed by atoms with Gasteiger partial charge < -0.3 is 19.5 Å². The Balaban J connectivity index is 1.44. The lowest BCUT2D eigenvalue weighted by atomic mass is 10.1. The number of amides is 1. The number of Topliss-reactive ketones (excluding diaryl/α,β-unsaturated/α-hetero) is 1. The van der Waals surface area contributed by atoms with Gasteiger partial charge >= 0.3 is 0 Å². The van der Waals surface area contributed by atoms with Gasteiger partial charge in [0.1, 0.15) is 11.6 Å². The van der Waals surface area contributed by atoms with Crippen LogP contribution in [0.4, 0.5) is 10.1 Å². The normalized spacial score (nSPS) is 14.4. The number of fused-ring (bicyclic) bond motifs is 1. The third-order valence-corrected chi connectivity index (χ3v) is 5.09. The van der Waals surface area contributed by atoms with Gasteiger partial charge in [0, 0.05) is 49.0 Å². The highest BCUT2D eigenvalue weighted by molar-refractivity contribution is 6.44. The van der Waals surface area contributed by atoms with Gasteiger partial charge in [0.25, 0.3) is 11.7 Å². The van der Waals surface area contributed by atoms with Gasteiger partial charge in [0.05, 0.1) is 12.7 Å². The number of ketones is 1. The molecule has 0 aliphatic carbocycles. The third-order valence-electron chi connectivity index (χ3n) is 5.09. The summed E-state index contributed by atoms with van der Waals surface area (Å²) in [4.78, 5) is 32.0. The van der Waals surface area contributed by atoms with E-state index >= 15 is 0 Å². The Morgan fingerprint density at radius 1 is 1.04 bits per heavy atom. The molecule has 6 nitrogen and oxygen atoms in total. The van der Waals surface area contributed by atoms with Crippen molar-refractivity contribution in [2.24, 2.45) is 0 Å². The van der Waals surface area contributed by atoms with Crippen molar-refractivity contribution in [2.75, 3.05) is 38.2 Å². The second kappa shape index (κ2) is 7.34. The van der Waals surface area contributed by atoms with Gasteiger partial charge in [-0.3, -0.25) is 9.59 Å². The molecule has 7 heteroatoms. The molecule has 0 bridgehead atoms. The largest absolute Gasteiger partial charge is 0.497 e. The van der Waals surface area contributed by atoms with Crippen LogP contribution in [0.3, 0.4) is 0 Å². The average Bonchev–Trinajstić information content (AvgIpc) is 3.16. The number of hydrogen-bond donors (Lipinski definition) is 1. The molecule has 0 radical (unpaired) electrons. The summed E-state index contributed by atoms with van der Waals surface area (Å²) in [5, 5.41) is 0.426. The molecule has 1 fully saturated rings. The van der Waals surface area contributed by atoms with Crippen molar-refractivity contribution in [1.29, 1.82) is 0 Å². The summed E-state index contributed by atoms with van der Waals surface area (Å²) in [6.07, 6.45) is 1.47. The van der Waals surface area contributed by atoms with E-state index < -0.39 is 17.5 Å². The second-order valence-corrected chi connectivity index (χ2v) is 6.70. The first kappa shape index (κ1) is 18.0. The number of nitrogens with one attached hydrogen (secondary N) is 1. The Hall–Kier alpha value is -3.35. The van der Waals surface area contributed by atoms with Gasteiger partial charge in [-0.1, -0.05) is 0 Å². The van der Waals surface area contributed by atoms with Crippen molar-refractivity contribution < 1.29 is 18.7 Å². The van der Waals surface area contributed by atoms with Crippen LogP contribution in [0.5, 0.6) is 5.75 Å². The van der Waals surface area contributed by atoms with Crippen molar-refractivity contribution in [1.82, 2.24) is 9.88 Å². The van der Waals surface area contributed by atoms with Crippen LogP contribution in [-0.2, 0) is 4.79 Å². The number of ether oxygens (including phenoxy) is 1. The highest BCUT2D eigenvalue weighted by Gasteiger charge is 2.28. The number of aromatic nitrogens is 1. The van der Waals surface area contributed by atoms with Crippen molar-refractivity contribution in [2.45, 2.75) is 0 Å². The average molecular weight is 381 g/mol. The van der Waals surface area contributed by atoms with E-state index in [2.05, 4.69) is 9.88 Å². The summed E-state index contributed by atoms with van der Waals surface area (Å²) in [6.45, 7) is 2.17. The van der Waals surface area contributed by atoms with Crippen LogP contribution in [0, 0.1) is 5.82 Å². The summed E-state index contributed by atoms with van der Waals surface area (Å²) < 4.78 is 18.7. The minimum atomic E-state index is -0.616. The third kappa shape index (κ3) is 3.31. The van der Waals surface area contributed by atoms with Gasteiger partial charge in [-0.2, -0.15) is 0 Å². The Kier molecular flexibility index (Phi) is 4.73. The number of carbonyl (C=O) groups is 2. The molecule has 4 rings (SSSR count). The topological polar surface area (TPSA) is 65.6 Å². The lowest BCUT2D eigenvalue weighted by Gasteiger charge is -2.35. The lowest BCUT2D eigenvalue weighted by Crippen LogP contribution is -2.50. The van der Waals surface area contributed by atoms with E-state index in [1.54, 1.807) is 18.1 Å². The smallest absolute Gasteiger partial charge is 0.295 e. The number of piperazine rings is 1. The van der Waals surface area contributed by atoms with Gasteiger partial charge in [0.2, 0.25) is 0 Å². The lowest BCUT2D eigenvalue weighted by molar-refractivity contribution is -0.126. The molecule has 0 atom stereocenters. The monoisotopic (exact) mass is 381 g/mol. The fraction of sp³-hybridized carbons (Fsp3) is 0.238. The molecule has 1 aliphatic rings. The number of H-pyrrole nitrogens is 1. The van der Waals surface area contributed by atoms with Gasteiger partial charge in [0.15, 0.2) is 0 Å². The van der Waals surface area contributed by atoms with E-state index in [1.165, 1.54) is 18.3 Å². The van der Waals surface area contributed by atoms with Crippen molar-refractivity contribution >= 4 is 28.3 Å². The molecule has 0 saturated carbocycles. The Morgan fingerprint density at radius 2 is 1.75 bits per heavy atom. The number of hydrogen-bond acceptors (Lipinski definition) is 4. The van der Waals surface area contributed by atoms with Crippen LogP contribution in [-0.4, -0.2) is 54.9 Å². The fourth-order valence-electron chi connectivity index (χ4n) is 3.50. The van der Waals surface area contributed by atoms with Crippen LogP contribution in [0.1, 0.15) is 10.4 Å². The minimum absolute atomic E-state index is 0.206. The molecule has 0 spiro atoms. The summed E-state index contributed by atoms with van der Waals surface area (Å²) >= 11 is 0. The number of carbonyl (C=O) groups excluding carboxylic acids is 2. The highest BCUT2D eigenvalue weighted by Crippen LogP contribution is 2.23. The Labute approximate surface area is 161 Å². The maximum Gasteiger partial charge on any atom is 0.295 e. The van der Waals surface area contributed by atoms with E-state index in [4.69, 9.17) is 4.74 Å². The van der Waals surface area contributed by atoms with Crippen molar-refractivity contribution in [3.63, 3.8) is 0 Å². The summed E-state index contributed by atoms with van der Waals surface area (Å²) in [7, 11) is 1.62. The predicted octanol–water partition coefficient (Wildman–Crippen LogP) is 2.85. The van der Waals surface area contributed by atoms with Gasteiger partial charge in [-0.05, 0) is 42.5 Å². The van der Waals surface area contributed by atoms with Crippen LogP contribution in [0.25, 0.3) is 10.9 Å². The Morgan fingerprint density at radius 3 is 2.43 bits per heavy atom. The molecule has 28 heavy (non-hydrogen) atoms. The molecular formula is C21H20FN3O3. The number of aromatic amines is 1. The van der Waals surface area contributed by atoms with E-state index in [-0.39, 0.29) is 5.56 Å². The number of rotatable bonds is 4. The SMILES string of the molecule is COc1ccc(N2CCN(C(=O)C(=O)c3c[nH]c4ccc(F)cc34)CC2)cc1. The summed E-state index contributed by atoms with van der Waals surface area (Å²) in [6, 6.07) is 11.9. The van der Waals surface area contributed by atoms with E-state index in [0.717, 1.165) is 11.4 Å². The number of halogens is 1. The first-order chi connectivity index (χ1) is 13.6. The molecule has 2 aromatic carbocycles. The zero-order valence-electron chi connectivity index (χ0n) is 15.4. The molecule has 1 amide bonds. The van der Waals surface area contributed by atoms with Crippen LogP contribution < -0.4 is 9.64 Å². The number of nitrogens with zero attached hydrogens (tertiary/aromatic N) is 2. The van der Waals surface area contributed by atoms with Gasteiger partial charge in [-0.15, -0.1) is 0 Å². The number of benzene rings is 2. The summed E-state index contributed by atoms with van der Waals surface area (Å²) in [5.41, 5.74) is 1.88. The van der Waals surface area contributed by atoms with Crippen molar-refractivity contribution in [3.05, 3.63) is 60.0 Å². The quantitative estimate of drug-likeness (QED) is 0.558. The molecule has 1 aromatic heterocycles. The van der Waals surface area contributed by atoms with Gasteiger partial charge in [-0.25, -0.2) is 4.39 Å². The second-order valence-electron chi connectivity index (χ2n) is 6.70. The molecular weight excluding hydrogens is 361 g/mol. The first-order valence-corrected chi connectivity index (χ1v) is 9.06. The van der Waals surface area contributed by atoms with E-state index in [1.807, 2.05) is 24.3 Å². The highest BCUT2D eigenvalue weighted by atomic mass is 19.1. The number of anilines is 1. The van der Waals surface area contributed by atoms with Crippen LogP contribution >= 0.6 is 0 Å². The van der Waals surface area contributed by atoms with E-state index in [0.29, 0.717) is 37.1 Å². The van der Waals surface area contributed by atoms with Crippen molar-refractivity contribution in [3.8, 4) is 5.75 Å². The minimum Gasteiger partial charge on any atom is -0.497 e. The van der Waals surface area contributed by atoms with Crippen LogP contribution in [0.2, 0.25) is 0 Å². The number of methoxy groups -OCH3 is 1. The standard InChI is InChI=1S/C21H20FN3O3/c1-28-16-5-3-15(4-6-16)24-8-10-25(11-9-24)21(27)20(26)18-13-23-19-7-2-14(22)12-17(18)19/h2-7,12-13,23H,8-11H2,1H3. The Bertz CT molecular complexity index is 1020. The zero-order valence-corrected chi connectivity index (χ0v) is 15.4. The fourth-order valence-corrected chi connectivity index (χ4v) is 3.50. The molecule has 1 aliphatic heterocycles. The maximum atomic E-state index is 13.5. The maximum absolute atomic E-state index is 13.5. The summed E-state index contributed by atoms with van der Waals surface area (Å²) in [5.74, 6) is -0.825. The molecule has 0 unspecified atom stereocenters.